The number of rotatable bonds is 5. The summed E-state index contributed by atoms with van der Waals surface area (Å²) in [5.41, 5.74) is 8.86. The van der Waals surface area contributed by atoms with Crippen LogP contribution in [0.4, 0.5) is 0 Å². The van der Waals surface area contributed by atoms with Crippen LogP contribution in [0.5, 0.6) is 0 Å². The lowest BCUT2D eigenvalue weighted by atomic mass is 10.0. The number of aryl methyl sites for hydroxylation is 1. The maximum atomic E-state index is 6.24. The Morgan fingerprint density at radius 2 is 2.00 bits per heavy atom. The van der Waals surface area contributed by atoms with Crippen LogP contribution >= 0.6 is 27.3 Å². The van der Waals surface area contributed by atoms with Crippen molar-refractivity contribution in [2.24, 2.45) is 5.73 Å². The van der Waals surface area contributed by atoms with Crippen molar-refractivity contribution in [3.8, 4) is 0 Å². The molecule has 0 aliphatic rings. The van der Waals surface area contributed by atoms with Crippen LogP contribution in [0.25, 0.3) is 0 Å². The van der Waals surface area contributed by atoms with Gasteiger partial charge in [-0.05, 0) is 49.5 Å². The molecule has 0 radical (unpaired) electrons. The van der Waals surface area contributed by atoms with Crippen LogP contribution in [0.1, 0.15) is 29.0 Å². The number of nitrogens with zero attached hydrogens (tertiary/aromatic N) is 1. The lowest BCUT2D eigenvalue weighted by Crippen LogP contribution is -2.36. The second kappa shape index (κ2) is 6.85. The van der Waals surface area contributed by atoms with Gasteiger partial charge in [0.25, 0.3) is 0 Å². The molecule has 2 aromatic rings. The third-order valence-electron chi connectivity index (χ3n) is 3.52. The summed E-state index contributed by atoms with van der Waals surface area (Å²) in [5, 5.41) is 2.15. The molecule has 2 nitrogen and oxygen atoms in total. The van der Waals surface area contributed by atoms with Crippen molar-refractivity contribution in [3.63, 3.8) is 0 Å². The number of nitrogens with two attached hydrogens (primary N) is 1. The van der Waals surface area contributed by atoms with Gasteiger partial charge in [-0.3, -0.25) is 4.90 Å². The van der Waals surface area contributed by atoms with Gasteiger partial charge < -0.3 is 5.73 Å². The van der Waals surface area contributed by atoms with Gasteiger partial charge in [-0.25, -0.2) is 0 Å². The summed E-state index contributed by atoms with van der Waals surface area (Å²) in [6.07, 6.45) is 0. The van der Waals surface area contributed by atoms with Crippen LogP contribution in [0.15, 0.2) is 40.2 Å². The van der Waals surface area contributed by atoms with E-state index < -0.39 is 0 Å². The average molecular weight is 353 g/mol. The Hall–Kier alpha value is -0.680. The second-order valence-electron chi connectivity index (χ2n) is 5.28. The molecule has 0 aliphatic heterocycles. The second-order valence-corrected chi connectivity index (χ2v) is 7.08. The van der Waals surface area contributed by atoms with Gasteiger partial charge in [-0.15, -0.1) is 11.3 Å². The normalized spacial score (nSPS) is 14.5. The minimum atomic E-state index is 0.0971. The van der Waals surface area contributed by atoms with Crippen LogP contribution in [0.2, 0.25) is 0 Å². The summed E-state index contributed by atoms with van der Waals surface area (Å²) >= 11 is 5.41. The van der Waals surface area contributed by atoms with Gasteiger partial charge in [0.05, 0.1) is 6.04 Å². The molecule has 2 rings (SSSR count). The zero-order valence-corrected chi connectivity index (χ0v) is 14.5. The molecular weight excluding hydrogens is 332 g/mol. The molecule has 0 aliphatic carbocycles. The predicted octanol–water partition coefficient (Wildman–Crippen LogP) is 4.34. The predicted molar refractivity (Wildman–Crippen MR) is 91.1 cm³/mol. The van der Waals surface area contributed by atoms with Crippen molar-refractivity contribution in [2.45, 2.75) is 32.5 Å². The van der Waals surface area contributed by atoms with E-state index in [1.165, 1.54) is 16.0 Å². The zero-order valence-electron chi connectivity index (χ0n) is 12.1. The van der Waals surface area contributed by atoms with Crippen molar-refractivity contribution in [2.75, 3.05) is 7.05 Å². The Bertz CT molecular complexity index is 565. The van der Waals surface area contributed by atoms with Gasteiger partial charge >= 0.3 is 0 Å². The van der Waals surface area contributed by atoms with E-state index in [9.17, 15) is 0 Å². The first kappa shape index (κ1) is 15.7. The monoisotopic (exact) mass is 352 g/mol. The van der Waals surface area contributed by atoms with E-state index in [0.717, 1.165) is 11.0 Å². The Morgan fingerprint density at radius 1 is 1.30 bits per heavy atom. The van der Waals surface area contributed by atoms with E-state index >= 15 is 0 Å². The summed E-state index contributed by atoms with van der Waals surface area (Å²) in [6, 6.07) is 10.9. The highest BCUT2D eigenvalue weighted by Crippen LogP contribution is 2.31. The van der Waals surface area contributed by atoms with Crippen LogP contribution in [-0.2, 0) is 6.54 Å². The fourth-order valence-electron chi connectivity index (χ4n) is 2.52. The molecule has 0 fully saturated rings. The van der Waals surface area contributed by atoms with Crippen LogP contribution in [0, 0.1) is 6.92 Å². The van der Waals surface area contributed by atoms with Gasteiger partial charge in [-0.1, -0.05) is 34.1 Å². The Balaban J connectivity index is 2.23. The molecular formula is C16H21BrN2S. The van der Waals surface area contributed by atoms with E-state index in [4.69, 9.17) is 5.73 Å². The zero-order chi connectivity index (χ0) is 14.7. The minimum absolute atomic E-state index is 0.0971. The maximum Gasteiger partial charge on any atom is 0.0593 e. The highest BCUT2D eigenvalue weighted by molar-refractivity contribution is 9.10. The summed E-state index contributed by atoms with van der Waals surface area (Å²) in [6.45, 7) is 5.12. The molecule has 2 atom stereocenters. The van der Waals surface area contributed by atoms with Gasteiger partial charge in [0, 0.05) is 21.9 Å². The van der Waals surface area contributed by atoms with Crippen molar-refractivity contribution in [1.29, 1.82) is 0 Å². The first-order valence-corrected chi connectivity index (χ1v) is 8.41. The highest BCUT2D eigenvalue weighted by atomic mass is 79.9. The van der Waals surface area contributed by atoms with Gasteiger partial charge in [0.15, 0.2) is 0 Å². The molecule has 20 heavy (non-hydrogen) atoms. The molecule has 0 saturated heterocycles. The summed E-state index contributed by atoms with van der Waals surface area (Å²) in [7, 11) is 2.15. The van der Waals surface area contributed by atoms with E-state index in [0.29, 0.717) is 0 Å². The fraction of sp³-hybridized carbons (Fsp3) is 0.375. The summed E-state index contributed by atoms with van der Waals surface area (Å²) in [4.78, 5) is 3.71. The number of halogens is 1. The molecule has 0 saturated carbocycles. The first-order valence-electron chi connectivity index (χ1n) is 6.74. The Morgan fingerprint density at radius 3 is 2.55 bits per heavy atom. The van der Waals surface area contributed by atoms with E-state index in [1.807, 2.05) is 6.07 Å². The van der Waals surface area contributed by atoms with Crippen molar-refractivity contribution in [1.82, 2.24) is 4.90 Å². The van der Waals surface area contributed by atoms with Crippen LogP contribution in [0.3, 0.4) is 0 Å². The van der Waals surface area contributed by atoms with Gasteiger partial charge in [-0.2, -0.15) is 0 Å². The SMILES string of the molecule is Cc1ccsc1C(C(C)N)N(C)Cc1ccccc1Br. The van der Waals surface area contributed by atoms with Crippen molar-refractivity contribution < 1.29 is 0 Å². The Labute approximate surface area is 133 Å². The third-order valence-corrected chi connectivity index (χ3v) is 5.38. The maximum absolute atomic E-state index is 6.24. The third kappa shape index (κ3) is 3.50. The molecule has 1 aromatic carbocycles. The number of benzene rings is 1. The van der Waals surface area contributed by atoms with Crippen molar-refractivity contribution >= 4 is 27.3 Å². The Kier molecular flexibility index (Phi) is 5.38. The smallest absolute Gasteiger partial charge is 0.0593 e. The van der Waals surface area contributed by atoms with Gasteiger partial charge in [0.2, 0.25) is 0 Å². The van der Waals surface area contributed by atoms with E-state index in [1.54, 1.807) is 11.3 Å². The first-order chi connectivity index (χ1) is 9.50. The molecule has 4 heteroatoms. The molecule has 1 aromatic heterocycles. The van der Waals surface area contributed by atoms with Gasteiger partial charge in [0.1, 0.15) is 0 Å². The van der Waals surface area contributed by atoms with E-state index in [2.05, 4.69) is 71.4 Å². The molecule has 2 N–H and O–H groups in total. The quantitative estimate of drug-likeness (QED) is 0.866. The number of likely N-dealkylation sites (N-methyl/N-ethyl adjacent to an activating group) is 1. The molecule has 1 heterocycles. The van der Waals surface area contributed by atoms with Crippen LogP contribution in [-0.4, -0.2) is 18.0 Å². The summed E-state index contributed by atoms with van der Waals surface area (Å²) in [5.74, 6) is 0. The lowest BCUT2D eigenvalue weighted by molar-refractivity contribution is 0.213. The molecule has 0 spiro atoms. The average Bonchev–Trinajstić information content (AvgIpc) is 2.78. The van der Waals surface area contributed by atoms with E-state index in [-0.39, 0.29) is 12.1 Å². The number of hydrogen-bond donors (Lipinski definition) is 1. The van der Waals surface area contributed by atoms with Crippen molar-refractivity contribution in [3.05, 3.63) is 56.2 Å². The lowest BCUT2D eigenvalue weighted by Gasteiger charge is -2.31. The molecule has 108 valence electrons. The fourth-order valence-corrected chi connectivity index (χ4v) is 4.14. The minimum Gasteiger partial charge on any atom is -0.326 e. The number of thiophene rings is 1. The standard InChI is InChI=1S/C16H21BrN2S/c1-11-8-9-20-16(11)15(12(2)18)19(3)10-13-6-4-5-7-14(13)17/h4-9,12,15H,10,18H2,1-3H3. The molecule has 0 bridgehead atoms. The molecule has 0 amide bonds. The topological polar surface area (TPSA) is 29.3 Å². The molecule has 2 unspecified atom stereocenters. The number of hydrogen-bond acceptors (Lipinski definition) is 3. The van der Waals surface area contributed by atoms with Crippen LogP contribution < -0.4 is 5.73 Å². The summed E-state index contributed by atoms with van der Waals surface area (Å²) < 4.78 is 1.15. The largest absolute Gasteiger partial charge is 0.326 e. The highest BCUT2D eigenvalue weighted by Gasteiger charge is 2.24.